The number of carboxylic acids is 1. The molecule has 0 saturated heterocycles. The van der Waals surface area contributed by atoms with Crippen molar-refractivity contribution in [3.05, 3.63) is 0 Å². The van der Waals surface area contributed by atoms with E-state index in [0.717, 1.165) is 12.8 Å². The fraction of sp³-hybridized carbons (Fsp3) is 0.933. The molecule has 0 radical (unpaired) electrons. The second-order valence-electron chi connectivity index (χ2n) is 5.47. The molecule has 0 spiro atoms. The Bertz CT molecular complexity index is 255. The minimum atomic E-state index is -0.779. The largest absolute Gasteiger partial charge is 0.481 e. The van der Waals surface area contributed by atoms with Gasteiger partial charge >= 0.3 is 5.97 Å². The minimum absolute atomic E-state index is 0.0273. The summed E-state index contributed by atoms with van der Waals surface area (Å²) < 4.78 is 5.75. The van der Waals surface area contributed by atoms with Gasteiger partial charge in [-0.15, -0.1) is 0 Å². The summed E-state index contributed by atoms with van der Waals surface area (Å²) in [6.45, 7) is 8.89. The van der Waals surface area contributed by atoms with Crippen LogP contribution in [0.4, 0.5) is 0 Å². The van der Waals surface area contributed by atoms with Crippen LogP contribution < -0.4 is 0 Å². The summed E-state index contributed by atoms with van der Waals surface area (Å²) in [7, 11) is 0. The molecule has 0 saturated carbocycles. The van der Waals surface area contributed by atoms with Crippen molar-refractivity contribution < 1.29 is 19.7 Å². The topological polar surface area (TPSA) is 66.8 Å². The molecule has 0 aromatic heterocycles. The first-order valence-corrected chi connectivity index (χ1v) is 7.37. The molecule has 0 bridgehead atoms. The molecule has 0 aromatic carbocycles. The van der Waals surface area contributed by atoms with Crippen molar-refractivity contribution >= 4 is 5.97 Å². The Balaban J connectivity index is 4.57. The smallest absolute Gasteiger partial charge is 0.311 e. The Hall–Kier alpha value is -0.610. The van der Waals surface area contributed by atoms with Crippen LogP contribution in [0.1, 0.15) is 59.8 Å². The van der Waals surface area contributed by atoms with E-state index in [1.807, 2.05) is 13.8 Å². The highest BCUT2D eigenvalue weighted by Crippen LogP contribution is 2.33. The molecule has 0 fully saturated rings. The third kappa shape index (κ3) is 4.77. The van der Waals surface area contributed by atoms with Gasteiger partial charge in [0.05, 0.1) is 18.6 Å². The number of rotatable bonds is 11. The van der Waals surface area contributed by atoms with Crippen LogP contribution in [0.15, 0.2) is 0 Å². The minimum Gasteiger partial charge on any atom is -0.481 e. The first kappa shape index (κ1) is 18.4. The molecule has 0 aromatic rings. The SMILES string of the molecule is CCC(CC)(CCO)COCC(CC)(CC)C(=O)O. The van der Waals surface area contributed by atoms with Crippen LogP contribution >= 0.6 is 0 Å². The summed E-state index contributed by atoms with van der Waals surface area (Å²) in [5.74, 6) is -0.779. The van der Waals surface area contributed by atoms with Gasteiger partial charge in [-0.1, -0.05) is 27.7 Å². The molecule has 0 aliphatic carbocycles. The standard InChI is InChI=1S/C15H30O4/c1-5-14(6-2,9-10-16)11-19-12-15(7-3,8-4)13(17)18/h16H,5-12H2,1-4H3,(H,17,18). The van der Waals surface area contributed by atoms with Crippen molar-refractivity contribution in [3.63, 3.8) is 0 Å². The third-order valence-corrected chi connectivity index (χ3v) is 4.74. The summed E-state index contributed by atoms with van der Waals surface area (Å²) in [4.78, 5) is 11.4. The molecule has 0 aliphatic rings. The number of hydrogen-bond donors (Lipinski definition) is 2. The molecule has 0 unspecified atom stereocenters. The monoisotopic (exact) mass is 274 g/mol. The molecule has 4 nitrogen and oxygen atoms in total. The van der Waals surface area contributed by atoms with Gasteiger partial charge in [0.2, 0.25) is 0 Å². The molecule has 0 rings (SSSR count). The highest BCUT2D eigenvalue weighted by molar-refractivity contribution is 5.74. The lowest BCUT2D eigenvalue weighted by molar-refractivity contribution is -0.155. The summed E-state index contributed by atoms with van der Waals surface area (Å²) in [6, 6.07) is 0. The molecule has 0 heterocycles. The van der Waals surface area contributed by atoms with Crippen molar-refractivity contribution in [1.29, 1.82) is 0 Å². The predicted octanol–water partition coefficient (Wildman–Crippen LogP) is 3.08. The number of carboxylic acid groups (broad SMARTS) is 1. The summed E-state index contributed by atoms with van der Waals surface area (Å²) in [6.07, 6.45) is 3.72. The number of ether oxygens (including phenoxy) is 1. The average molecular weight is 274 g/mol. The lowest BCUT2D eigenvalue weighted by Gasteiger charge is -2.33. The Morgan fingerprint density at radius 1 is 1.00 bits per heavy atom. The Morgan fingerprint density at radius 3 is 1.84 bits per heavy atom. The van der Waals surface area contributed by atoms with Gasteiger partial charge in [-0.3, -0.25) is 4.79 Å². The van der Waals surface area contributed by atoms with Gasteiger partial charge in [0.1, 0.15) is 0 Å². The molecule has 4 heteroatoms. The maximum atomic E-state index is 11.4. The maximum absolute atomic E-state index is 11.4. The van der Waals surface area contributed by atoms with Crippen molar-refractivity contribution in [2.75, 3.05) is 19.8 Å². The maximum Gasteiger partial charge on any atom is 0.311 e. The second kappa shape index (κ2) is 8.54. The third-order valence-electron chi connectivity index (χ3n) is 4.74. The number of hydrogen-bond acceptors (Lipinski definition) is 3. The first-order valence-electron chi connectivity index (χ1n) is 7.37. The van der Waals surface area contributed by atoms with Crippen molar-refractivity contribution in [2.24, 2.45) is 10.8 Å². The van der Waals surface area contributed by atoms with Crippen LogP contribution in [0.3, 0.4) is 0 Å². The van der Waals surface area contributed by atoms with Crippen molar-refractivity contribution in [1.82, 2.24) is 0 Å². The number of aliphatic hydroxyl groups excluding tert-OH is 1. The fourth-order valence-corrected chi connectivity index (χ4v) is 2.40. The van der Waals surface area contributed by atoms with Gasteiger partial charge in [-0.2, -0.15) is 0 Å². The van der Waals surface area contributed by atoms with E-state index in [9.17, 15) is 9.90 Å². The molecule has 0 aliphatic heterocycles. The highest BCUT2D eigenvalue weighted by atomic mass is 16.5. The Kier molecular flexibility index (Phi) is 8.26. The second-order valence-corrected chi connectivity index (χ2v) is 5.47. The van der Waals surface area contributed by atoms with Gasteiger partial charge in [-0.25, -0.2) is 0 Å². The summed E-state index contributed by atoms with van der Waals surface area (Å²) in [5.41, 5.74) is -0.799. The highest BCUT2D eigenvalue weighted by Gasteiger charge is 2.36. The zero-order valence-electron chi connectivity index (χ0n) is 12.9. The average Bonchev–Trinajstić information content (AvgIpc) is 2.42. The van der Waals surface area contributed by atoms with Crippen LogP contribution in [0.25, 0.3) is 0 Å². The van der Waals surface area contributed by atoms with Crippen LogP contribution in [-0.2, 0) is 9.53 Å². The van der Waals surface area contributed by atoms with Crippen molar-refractivity contribution in [2.45, 2.75) is 59.8 Å². The van der Waals surface area contributed by atoms with E-state index >= 15 is 0 Å². The van der Waals surface area contributed by atoms with Crippen LogP contribution in [0, 0.1) is 10.8 Å². The Morgan fingerprint density at radius 2 is 1.53 bits per heavy atom. The number of aliphatic carboxylic acids is 1. The van der Waals surface area contributed by atoms with Crippen LogP contribution in [0.2, 0.25) is 0 Å². The molecular weight excluding hydrogens is 244 g/mol. The molecule has 0 atom stereocenters. The summed E-state index contributed by atoms with van der Waals surface area (Å²) in [5, 5.41) is 18.5. The lowest BCUT2D eigenvalue weighted by atomic mass is 9.80. The molecule has 2 N–H and O–H groups in total. The van der Waals surface area contributed by atoms with Gasteiger partial charge in [0, 0.05) is 6.61 Å². The van der Waals surface area contributed by atoms with Gasteiger partial charge < -0.3 is 14.9 Å². The van der Waals surface area contributed by atoms with Gasteiger partial charge in [0.15, 0.2) is 0 Å². The van der Waals surface area contributed by atoms with Crippen molar-refractivity contribution in [3.8, 4) is 0 Å². The zero-order chi connectivity index (χ0) is 14.9. The van der Waals surface area contributed by atoms with Crippen LogP contribution in [-0.4, -0.2) is 36.0 Å². The summed E-state index contributed by atoms with van der Waals surface area (Å²) >= 11 is 0. The number of carbonyl (C=O) groups is 1. The van der Waals surface area contributed by atoms with Gasteiger partial charge in [0.25, 0.3) is 0 Å². The normalized spacial score (nSPS) is 12.7. The molecule has 19 heavy (non-hydrogen) atoms. The van der Waals surface area contributed by atoms with E-state index in [1.54, 1.807) is 0 Å². The van der Waals surface area contributed by atoms with Gasteiger partial charge in [-0.05, 0) is 37.5 Å². The zero-order valence-corrected chi connectivity index (χ0v) is 12.9. The van der Waals surface area contributed by atoms with E-state index in [4.69, 9.17) is 9.84 Å². The Labute approximate surface area is 117 Å². The van der Waals surface area contributed by atoms with E-state index < -0.39 is 11.4 Å². The van der Waals surface area contributed by atoms with E-state index in [1.165, 1.54) is 0 Å². The quantitative estimate of drug-likeness (QED) is 0.607. The van der Waals surface area contributed by atoms with Crippen LogP contribution in [0.5, 0.6) is 0 Å². The fourth-order valence-electron chi connectivity index (χ4n) is 2.40. The molecular formula is C15H30O4. The number of aliphatic hydroxyl groups is 1. The van der Waals surface area contributed by atoms with E-state index in [-0.39, 0.29) is 18.6 Å². The predicted molar refractivity (Wildman–Crippen MR) is 76.2 cm³/mol. The lowest BCUT2D eigenvalue weighted by Crippen LogP contribution is -2.37. The molecule has 114 valence electrons. The first-order chi connectivity index (χ1) is 8.95. The van der Waals surface area contributed by atoms with E-state index in [0.29, 0.717) is 25.9 Å². The van der Waals surface area contributed by atoms with E-state index in [2.05, 4.69) is 13.8 Å². The molecule has 0 amide bonds.